The molecule has 2 aliphatic heterocycles. The highest BCUT2D eigenvalue weighted by atomic mass is 16.6. The van der Waals surface area contributed by atoms with Crippen LogP contribution in [0.3, 0.4) is 0 Å². The van der Waals surface area contributed by atoms with Gasteiger partial charge < -0.3 is 14.4 Å². The molecule has 0 radical (unpaired) electrons. The van der Waals surface area contributed by atoms with Gasteiger partial charge in [-0.05, 0) is 31.8 Å². The van der Waals surface area contributed by atoms with Crippen molar-refractivity contribution in [1.29, 1.82) is 0 Å². The number of esters is 1. The Labute approximate surface area is 115 Å². The molecule has 2 saturated heterocycles. The van der Waals surface area contributed by atoms with E-state index in [0.29, 0.717) is 13.2 Å². The zero-order valence-electron chi connectivity index (χ0n) is 12.1. The number of ether oxygens (including phenoxy) is 2. The van der Waals surface area contributed by atoms with Crippen LogP contribution >= 0.6 is 0 Å². The Balaban J connectivity index is 1.69. The summed E-state index contributed by atoms with van der Waals surface area (Å²) in [5, 5.41) is 0. The highest BCUT2D eigenvalue weighted by Gasteiger charge is 2.27. The third-order valence-electron chi connectivity index (χ3n) is 4.22. The van der Waals surface area contributed by atoms with Crippen LogP contribution in [-0.4, -0.2) is 74.9 Å². The normalized spacial score (nSPS) is 27.4. The number of carbonyl (C=O) groups excluding carboxylic acids is 1. The molecule has 0 bridgehead atoms. The first-order valence-electron chi connectivity index (χ1n) is 7.33. The van der Waals surface area contributed by atoms with Crippen LogP contribution < -0.4 is 0 Å². The molecule has 19 heavy (non-hydrogen) atoms. The lowest BCUT2D eigenvalue weighted by Gasteiger charge is -2.35. The van der Waals surface area contributed by atoms with E-state index in [9.17, 15) is 4.79 Å². The molecule has 1 atom stereocenters. The lowest BCUT2D eigenvalue weighted by molar-refractivity contribution is -0.159. The molecule has 0 saturated carbocycles. The summed E-state index contributed by atoms with van der Waals surface area (Å²) < 4.78 is 10.2. The molecule has 0 spiro atoms. The summed E-state index contributed by atoms with van der Waals surface area (Å²) in [6, 6.07) is 0. The standard InChI is InChI=1S/C14H26N2O3/c1-12-3-5-15(6-4-12)7-8-16-9-10-19-13(11-16)14(17)18-2/h12-13H,3-11H2,1-2H3. The summed E-state index contributed by atoms with van der Waals surface area (Å²) in [6.45, 7) is 9.08. The van der Waals surface area contributed by atoms with Gasteiger partial charge in [-0.25, -0.2) is 4.79 Å². The van der Waals surface area contributed by atoms with Gasteiger partial charge >= 0.3 is 5.97 Å². The number of likely N-dealkylation sites (tertiary alicyclic amines) is 1. The van der Waals surface area contributed by atoms with Gasteiger partial charge in [-0.2, -0.15) is 0 Å². The fourth-order valence-electron chi connectivity index (χ4n) is 2.75. The van der Waals surface area contributed by atoms with Crippen molar-refractivity contribution in [2.75, 3.05) is 53.0 Å². The molecule has 0 N–H and O–H groups in total. The SMILES string of the molecule is COC(=O)C1CN(CCN2CCC(C)CC2)CCO1. The van der Waals surface area contributed by atoms with Gasteiger partial charge in [0.1, 0.15) is 0 Å². The summed E-state index contributed by atoms with van der Waals surface area (Å²) >= 11 is 0. The van der Waals surface area contributed by atoms with Crippen molar-refractivity contribution in [3.05, 3.63) is 0 Å². The minimum absolute atomic E-state index is 0.253. The van der Waals surface area contributed by atoms with Crippen LogP contribution in [0.1, 0.15) is 19.8 Å². The van der Waals surface area contributed by atoms with Crippen LogP contribution in [0.4, 0.5) is 0 Å². The number of hydrogen-bond donors (Lipinski definition) is 0. The minimum Gasteiger partial charge on any atom is -0.467 e. The van der Waals surface area contributed by atoms with Gasteiger partial charge in [0.15, 0.2) is 6.10 Å². The van der Waals surface area contributed by atoms with Crippen molar-refractivity contribution in [3.8, 4) is 0 Å². The molecule has 0 aromatic carbocycles. The van der Waals surface area contributed by atoms with Crippen LogP contribution in [0.15, 0.2) is 0 Å². The summed E-state index contributed by atoms with van der Waals surface area (Å²) in [5.41, 5.74) is 0. The Hall–Kier alpha value is -0.650. The molecule has 0 amide bonds. The molecular formula is C14H26N2O3. The average molecular weight is 270 g/mol. The Kier molecular flexibility index (Phi) is 5.60. The third kappa shape index (κ3) is 4.44. The maximum Gasteiger partial charge on any atom is 0.336 e. The van der Waals surface area contributed by atoms with Crippen LogP contribution in [-0.2, 0) is 14.3 Å². The molecule has 5 nitrogen and oxygen atoms in total. The van der Waals surface area contributed by atoms with E-state index in [4.69, 9.17) is 9.47 Å². The number of rotatable bonds is 4. The first-order chi connectivity index (χ1) is 9.19. The molecule has 1 unspecified atom stereocenters. The molecule has 2 aliphatic rings. The number of carbonyl (C=O) groups is 1. The first kappa shape index (κ1) is 14.8. The third-order valence-corrected chi connectivity index (χ3v) is 4.22. The smallest absolute Gasteiger partial charge is 0.336 e. The Morgan fingerprint density at radius 3 is 2.58 bits per heavy atom. The second-order valence-electron chi connectivity index (χ2n) is 5.71. The monoisotopic (exact) mass is 270 g/mol. The van der Waals surface area contributed by atoms with Crippen LogP contribution in [0.25, 0.3) is 0 Å². The van der Waals surface area contributed by atoms with E-state index in [1.54, 1.807) is 0 Å². The van der Waals surface area contributed by atoms with E-state index in [0.717, 1.165) is 25.6 Å². The van der Waals surface area contributed by atoms with Crippen molar-refractivity contribution in [3.63, 3.8) is 0 Å². The molecule has 0 aromatic rings. The molecule has 5 heteroatoms. The van der Waals surface area contributed by atoms with Gasteiger partial charge in [-0.1, -0.05) is 6.92 Å². The van der Waals surface area contributed by atoms with E-state index in [1.807, 2.05) is 0 Å². The fourth-order valence-corrected chi connectivity index (χ4v) is 2.75. The van der Waals surface area contributed by atoms with Gasteiger partial charge in [0.2, 0.25) is 0 Å². The summed E-state index contributed by atoms with van der Waals surface area (Å²) in [4.78, 5) is 16.3. The summed E-state index contributed by atoms with van der Waals surface area (Å²) in [5.74, 6) is 0.625. The summed E-state index contributed by atoms with van der Waals surface area (Å²) in [7, 11) is 1.42. The molecule has 0 aromatic heterocycles. The highest BCUT2D eigenvalue weighted by Crippen LogP contribution is 2.16. The Bertz CT molecular complexity index is 290. The topological polar surface area (TPSA) is 42.0 Å². The van der Waals surface area contributed by atoms with Crippen molar-refractivity contribution < 1.29 is 14.3 Å². The Morgan fingerprint density at radius 2 is 1.89 bits per heavy atom. The Morgan fingerprint density at radius 1 is 1.21 bits per heavy atom. The van der Waals surface area contributed by atoms with E-state index >= 15 is 0 Å². The van der Waals surface area contributed by atoms with E-state index in [-0.39, 0.29) is 5.97 Å². The second-order valence-corrected chi connectivity index (χ2v) is 5.71. The molecule has 110 valence electrons. The van der Waals surface area contributed by atoms with E-state index in [1.165, 1.54) is 33.0 Å². The number of hydrogen-bond acceptors (Lipinski definition) is 5. The van der Waals surface area contributed by atoms with Crippen molar-refractivity contribution in [1.82, 2.24) is 9.80 Å². The number of nitrogens with zero attached hydrogens (tertiary/aromatic N) is 2. The minimum atomic E-state index is -0.403. The molecular weight excluding hydrogens is 244 g/mol. The highest BCUT2D eigenvalue weighted by molar-refractivity contribution is 5.74. The molecule has 2 fully saturated rings. The van der Waals surface area contributed by atoms with Gasteiger partial charge in [-0.15, -0.1) is 0 Å². The van der Waals surface area contributed by atoms with Crippen molar-refractivity contribution >= 4 is 5.97 Å². The van der Waals surface area contributed by atoms with Crippen LogP contribution in [0.2, 0.25) is 0 Å². The predicted molar refractivity (Wildman–Crippen MR) is 73.0 cm³/mol. The van der Waals surface area contributed by atoms with Crippen molar-refractivity contribution in [2.45, 2.75) is 25.9 Å². The van der Waals surface area contributed by atoms with Crippen molar-refractivity contribution in [2.24, 2.45) is 5.92 Å². The number of piperidine rings is 1. The molecule has 0 aliphatic carbocycles. The predicted octanol–water partition coefficient (Wildman–Crippen LogP) is 0.592. The van der Waals surface area contributed by atoms with Gasteiger partial charge in [0.25, 0.3) is 0 Å². The maximum atomic E-state index is 11.5. The van der Waals surface area contributed by atoms with Crippen LogP contribution in [0.5, 0.6) is 0 Å². The van der Waals surface area contributed by atoms with Gasteiger partial charge in [0, 0.05) is 26.2 Å². The quantitative estimate of drug-likeness (QED) is 0.700. The zero-order chi connectivity index (χ0) is 13.7. The zero-order valence-corrected chi connectivity index (χ0v) is 12.1. The maximum absolute atomic E-state index is 11.5. The van der Waals surface area contributed by atoms with Crippen LogP contribution in [0, 0.1) is 5.92 Å². The second kappa shape index (κ2) is 7.22. The number of methoxy groups -OCH3 is 1. The molecule has 2 heterocycles. The van der Waals surface area contributed by atoms with E-state index < -0.39 is 6.10 Å². The fraction of sp³-hybridized carbons (Fsp3) is 0.929. The lowest BCUT2D eigenvalue weighted by atomic mass is 9.99. The average Bonchev–Trinajstić information content (AvgIpc) is 2.46. The largest absolute Gasteiger partial charge is 0.467 e. The lowest BCUT2D eigenvalue weighted by Crippen LogP contribution is -2.49. The first-order valence-corrected chi connectivity index (χ1v) is 7.33. The molecule has 2 rings (SSSR count). The number of morpholine rings is 1. The van der Waals surface area contributed by atoms with Gasteiger partial charge in [0.05, 0.1) is 13.7 Å². The van der Waals surface area contributed by atoms with Gasteiger partial charge in [-0.3, -0.25) is 4.90 Å². The van der Waals surface area contributed by atoms with E-state index in [2.05, 4.69) is 16.7 Å². The summed E-state index contributed by atoms with van der Waals surface area (Å²) in [6.07, 6.45) is 2.22.